The van der Waals surface area contributed by atoms with E-state index in [2.05, 4.69) is 38.5 Å². The molecule has 0 radical (unpaired) electrons. The first-order valence-electron chi connectivity index (χ1n) is 4.72. The number of halogens is 1. The predicted octanol–water partition coefficient (Wildman–Crippen LogP) is 2.79. The zero-order valence-electron chi connectivity index (χ0n) is 8.44. The van der Waals surface area contributed by atoms with E-state index in [0.29, 0.717) is 0 Å². The van der Waals surface area contributed by atoms with E-state index < -0.39 is 0 Å². The van der Waals surface area contributed by atoms with Crippen LogP contribution in [0.2, 0.25) is 0 Å². The average Bonchev–Trinajstić information content (AvgIpc) is 2.64. The van der Waals surface area contributed by atoms with Crippen LogP contribution in [0.1, 0.15) is 5.56 Å². The van der Waals surface area contributed by atoms with Gasteiger partial charge in [-0.15, -0.1) is 0 Å². The van der Waals surface area contributed by atoms with E-state index in [1.165, 1.54) is 5.56 Å². The second-order valence-corrected chi connectivity index (χ2v) is 4.27. The first-order chi connectivity index (χ1) is 7.24. The Balaban J connectivity index is 1.96. The van der Waals surface area contributed by atoms with Crippen LogP contribution < -0.4 is 5.32 Å². The molecule has 0 amide bonds. The fourth-order valence-electron chi connectivity index (χ4n) is 1.30. The summed E-state index contributed by atoms with van der Waals surface area (Å²) in [5.74, 6) is 0.903. The number of aryl methyl sites for hydroxylation is 1. The van der Waals surface area contributed by atoms with Gasteiger partial charge < -0.3 is 5.32 Å². The highest BCUT2D eigenvalue weighted by Gasteiger charge is 1.96. The molecular formula is C11H12BrN3. The molecule has 3 nitrogen and oxygen atoms in total. The van der Waals surface area contributed by atoms with E-state index in [0.717, 1.165) is 16.8 Å². The van der Waals surface area contributed by atoms with Gasteiger partial charge in [0.15, 0.2) is 0 Å². The van der Waals surface area contributed by atoms with E-state index in [1.54, 1.807) is 4.68 Å². The average molecular weight is 266 g/mol. The van der Waals surface area contributed by atoms with Gasteiger partial charge >= 0.3 is 0 Å². The van der Waals surface area contributed by atoms with Crippen LogP contribution in [0.25, 0.3) is 0 Å². The molecule has 0 aliphatic carbocycles. The van der Waals surface area contributed by atoms with Gasteiger partial charge in [-0.1, -0.05) is 28.1 Å². The molecule has 0 aliphatic rings. The van der Waals surface area contributed by atoms with Crippen LogP contribution in [0.15, 0.2) is 41.0 Å². The number of hydrogen-bond donors (Lipinski definition) is 1. The Morgan fingerprint density at radius 3 is 2.60 bits per heavy atom. The predicted molar refractivity (Wildman–Crippen MR) is 64.7 cm³/mol. The van der Waals surface area contributed by atoms with E-state index in [9.17, 15) is 0 Å². The quantitative estimate of drug-likeness (QED) is 0.925. The van der Waals surface area contributed by atoms with Crippen molar-refractivity contribution in [1.29, 1.82) is 0 Å². The van der Waals surface area contributed by atoms with Crippen molar-refractivity contribution >= 4 is 21.7 Å². The summed E-state index contributed by atoms with van der Waals surface area (Å²) in [6.45, 7) is 0.796. The van der Waals surface area contributed by atoms with Gasteiger partial charge in [0.05, 0.1) is 0 Å². The number of rotatable bonds is 3. The van der Waals surface area contributed by atoms with Crippen molar-refractivity contribution < 1.29 is 0 Å². The van der Waals surface area contributed by atoms with Crippen LogP contribution in [0.3, 0.4) is 0 Å². The van der Waals surface area contributed by atoms with Crippen molar-refractivity contribution in [3.63, 3.8) is 0 Å². The summed E-state index contributed by atoms with van der Waals surface area (Å²) in [5.41, 5.74) is 1.24. The van der Waals surface area contributed by atoms with Crippen molar-refractivity contribution in [3.8, 4) is 0 Å². The molecule has 0 saturated carbocycles. The van der Waals surface area contributed by atoms with Gasteiger partial charge in [-0.3, -0.25) is 4.68 Å². The lowest BCUT2D eigenvalue weighted by Gasteiger charge is -2.02. The Labute approximate surface area is 97.2 Å². The number of nitrogens with one attached hydrogen (secondary N) is 1. The van der Waals surface area contributed by atoms with Crippen molar-refractivity contribution in [3.05, 3.63) is 46.6 Å². The zero-order valence-corrected chi connectivity index (χ0v) is 10.0. The minimum absolute atomic E-state index is 0.796. The summed E-state index contributed by atoms with van der Waals surface area (Å²) in [6, 6.07) is 10.2. The fourth-order valence-corrected chi connectivity index (χ4v) is 1.57. The Kier molecular flexibility index (Phi) is 3.06. The van der Waals surface area contributed by atoms with Crippen molar-refractivity contribution in [2.75, 3.05) is 5.32 Å². The van der Waals surface area contributed by atoms with Gasteiger partial charge in [0, 0.05) is 30.3 Å². The number of nitrogens with zero attached hydrogens (tertiary/aromatic N) is 2. The molecule has 2 rings (SSSR count). The molecule has 1 aromatic carbocycles. The molecule has 0 atom stereocenters. The molecule has 0 saturated heterocycles. The summed E-state index contributed by atoms with van der Waals surface area (Å²) in [6.07, 6.45) is 1.92. The Morgan fingerprint density at radius 1 is 1.27 bits per heavy atom. The summed E-state index contributed by atoms with van der Waals surface area (Å²) in [4.78, 5) is 0. The number of anilines is 1. The molecule has 1 N–H and O–H groups in total. The third kappa shape index (κ3) is 2.83. The fraction of sp³-hybridized carbons (Fsp3) is 0.182. The third-order valence-corrected chi connectivity index (χ3v) is 2.63. The molecule has 15 heavy (non-hydrogen) atoms. The highest BCUT2D eigenvalue weighted by molar-refractivity contribution is 9.10. The lowest BCUT2D eigenvalue weighted by Crippen LogP contribution is -2.00. The van der Waals surface area contributed by atoms with Crippen LogP contribution in [-0.2, 0) is 13.6 Å². The van der Waals surface area contributed by atoms with Gasteiger partial charge in [0.1, 0.15) is 5.82 Å². The van der Waals surface area contributed by atoms with Gasteiger partial charge in [-0.25, -0.2) is 0 Å². The minimum atomic E-state index is 0.796. The lowest BCUT2D eigenvalue weighted by molar-refractivity contribution is 0.768. The highest BCUT2D eigenvalue weighted by Crippen LogP contribution is 2.11. The normalized spacial score (nSPS) is 10.3. The zero-order chi connectivity index (χ0) is 10.7. The third-order valence-electron chi connectivity index (χ3n) is 2.10. The smallest absolute Gasteiger partial charge is 0.148 e. The highest BCUT2D eigenvalue weighted by atomic mass is 79.9. The van der Waals surface area contributed by atoms with E-state index in [1.807, 2.05) is 31.4 Å². The molecule has 0 bridgehead atoms. The molecular weight excluding hydrogens is 254 g/mol. The molecule has 78 valence electrons. The van der Waals surface area contributed by atoms with Crippen LogP contribution in [0.4, 0.5) is 5.82 Å². The SMILES string of the molecule is Cn1ccc(NCc2ccc(Br)cc2)n1. The molecule has 1 heterocycles. The van der Waals surface area contributed by atoms with Crippen molar-refractivity contribution in [2.45, 2.75) is 6.54 Å². The van der Waals surface area contributed by atoms with Crippen LogP contribution in [0.5, 0.6) is 0 Å². The Hall–Kier alpha value is -1.29. The summed E-state index contributed by atoms with van der Waals surface area (Å²) < 4.78 is 2.88. The molecule has 0 aliphatic heterocycles. The summed E-state index contributed by atoms with van der Waals surface area (Å²) in [7, 11) is 1.91. The molecule has 0 unspecified atom stereocenters. The standard InChI is InChI=1S/C11H12BrN3/c1-15-7-6-11(14-15)13-8-9-2-4-10(12)5-3-9/h2-7H,8H2,1H3,(H,13,14). The van der Waals surface area contributed by atoms with Gasteiger partial charge in [0.2, 0.25) is 0 Å². The van der Waals surface area contributed by atoms with Crippen LogP contribution in [0, 0.1) is 0 Å². The van der Waals surface area contributed by atoms with E-state index in [-0.39, 0.29) is 0 Å². The van der Waals surface area contributed by atoms with Gasteiger partial charge in [-0.05, 0) is 17.7 Å². The maximum absolute atomic E-state index is 4.24. The molecule has 2 aromatic rings. The van der Waals surface area contributed by atoms with Crippen molar-refractivity contribution in [1.82, 2.24) is 9.78 Å². The molecule has 0 spiro atoms. The maximum Gasteiger partial charge on any atom is 0.148 e. The topological polar surface area (TPSA) is 29.9 Å². The number of hydrogen-bond acceptors (Lipinski definition) is 2. The summed E-state index contributed by atoms with van der Waals surface area (Å²) in [5, 5.41) is 7.49. The van der Waals surface area contributed by atoms with Crippen LogP contribution >= 0.6 is 15.9 Å². The van der Waals surface area contributed by atoms with Crippen LogP contribution in [-0.4, -0.2) is 9.78 Å². The first kappa shape index (κ1) is 10.2. The van der Waals surface area contributed by atoms with Gasteiger partial charge in [0.25, 0.3) is 0 Å². The van der Waals surface area contributed by atoms with E-state index in [4.69, 9.17) is 0 Å². The largest absolute Gasteiger partial charge is 0.365 e. The lowest BCUT2D eigenvalue weighted by atomic mass is 10.2. The molecule has 4 heteroatoms. The summed E-state index contributed by atoms with van der Waals surface area (Å²) >= 11 is 3.41. The number of benzene rings is 1. The van der Waals surface area contributed by atoms with E-state index >= 15 is 0 Å². The maximum atomic E-state index is 4.24. The monoisotopic (exact) mass is 265 g/mol. The van der Waals surface area contributed by atoms with Crippen molar-refractivity contribution in [2.24, 2.45) is 7.05 Å². The minimum Gasteiger partial charge on any atom is -0.365 e. The van der Waals surface area contributed by atoms with Gasteiger partial charge in [-0.2, -0.15) is 5.10 Å². The second-order valence-electron chi connectivity index (χ2n) is 3.35. The first-order valence-corrected chi connectivity index (χ1v) is 5.51. The number of aromatic nitrogens is 2. The molecule has 1 aromatic heterocycles. The molecule has 0 fully saturated rings. The Morgan fingerprint density at radius 2 is 2.00 bits per heavy atom. The second kappa shape index (κ2) is 4.49. The Bertz CT molecular complexity index is 433.